The second-order valence-corrected chi connectivity index (χ2v) is 1.47. The summed E-state index contributed by atoms with van der Waals surface area (Å²) in [6, 6.07) is 0. The van der Waals surface area contributed by atoms with Crippen LogP contribution in [-0.2, 0) is 4.74 Å². The summed E-state index contributed by atoms with van der Waals surface area (Å²) in [5.41, 5.74) is 0. The number of ether oxygens (including phenoxy) is 1. The van der Waals surface area contributed by atoms with Gasteiger partial charge in [0.15, 0.2) is 6.29 Å². The Balaban J connectivity index is 2.68. The minimum atomic E-state index is -0.597. The van der Waals surface area contributed by atoms with Gasteiger partial charge in [0, 0.05) is 6.61 Å². The zero-order chi connectivity index (χ0) is 5.70. The highest BCUT2D eigenvalue weighted by atomic mass is 16.6. The Morgan fingerprint density at radius 3 is 2.43 bits per heavy atom. The molecule has 1 N–H and O–H groups in total. The molecular formula is C5H12O2. The average Bonchev–Trinajstić information content (AvgIpc) is 1.61. The quantitative estimate of drug-likeness (QED) is 0.535. The summed E-state index contributed by atoms with van der Waals surface area (Å²) >= 11 is 0. The first-order valence-corrected chi connectivity index (χ1v) is 2.57. The second-order valence-electron chi connectivity index (χ2n) is 1.47. The molecule has 0 aromatic rings. The maximum Gasteiger partial charge on any atom is 0.151 e. The molecular weight excluding hydrogens is 92.1 g/mol. The summed E-state index contributed by atoms with van der Waals surface area (Å²) in [5.74, 6) is 0. The maximum absolute atomic E-state index is 8.46. The van der Waals surface area contributed by atoms with E-state index in [0.29, 0.717) is 6.61 Å². The van der Waals surface area contributed by atoms with Crippen LogP contribution >= 0.6 is 0 Å². The van der Waals surface area contributed by atoms with Crippen molar-refractivity contribution in [1.82, 2.24) is 0 Å². The lowest BCUT2D eigenvalue weighted by Gasteiger charge is -2.02. The van der Waals surface area contributed by atoms with Gasteiger partial charge in [-0.1, -0.05) is 6.92 Å². The van der Waals surface area contributed by atoms with Gasteiger partial charge in [0.1, 0.15) is 0 Å². The molecule has 0 spiro atoms. The first-order valence-electron chi connectivity index (χ1n) is 2.57. The fraction of sp³-hybridized carbons (Fsp3) is 1.00. The summed E-state index contributed by atoms with van der Waals surface area (Å²) in [6.45, 7) is 4.26. The molecule has 0 saturated carbocycles. The largest absolute Gasteiger partial charge is 0.368 e. The summed E-state index contributed by atoms with van der Waals surface area (Å²) < 4.78 is 4.75. The molecule has 7 heavy (non-hydrogen) atoms. The molecule has 0 amide bonds. The molecule has 0 fully saturated rings. The van der Waals surface area contributed by atoms with Crippen LogP contribution in [0.2, 0.25) is 0 Å². The molecule has 0 aromatic carbocycles. The standard InChI is InChI=1S/C5H12O2/c1-3-4-7-5(2)6/h5-6H,3-4H2,1-2H3/t5-/m0/s1. The van der Waals surface area contributed by atoms with Crippen molar-refractivity contribution in [3.05, 3.63) is 0 Å². The van der Waals surface area contributed by atoms with Gasteiger partial charge in [0.2, 0.25) is 0 Å². The van der Waals surface area contributed by atoms with Gasteiger partial charge in [-0.05, 0) is 13.3 Å². The van der Waals surface area contributed by atoms with Crippen LogP contribution in [0.5, 0.6) is 0 Å². The first kappa shape index (κ1) is 6.92. The first-order chi connectivity index (χ1) is 3.27. The third-order valence-corrected chi connectivity index (χ3v) is 0.563. The zero-order valence-corrected chi connectivity index (χ0v) is 4.85. The molecule has 0 heterocycles. The normalized spacial score (nSPS) is 14.1. The molecule has 0 unspecified atom stereocenters. The molecule has 44 valence electrons. The van der Waals surface area contributed by atoms with Gasteiger partial charge in [-0.3, -0.25) is 0 Å². The Morgan fingerprint density at radius 1 is 1.71 bits per heavy atom. The van der Waals surface area contributed by atoms with Gasteiger partial charge in [0.25, 0.3) is 0 Å². The highest BCUT2D eigenvalue weighted by Crippen LogP contribution is 1.84. The van der Waals surface area contributed by atoms with Crippen molar-refractivity contribution in [2.24, 2.45) is 0 Å². The summed E-state index contributed by atoms with van der Waals surface area (Å²) in [5, 5.41) is 8.46. The van der Waals surface area contributed by atoms with Crippen LogP contribution in [0, 0.1) is 0 Å². The van der Waals surface area contributed by atoms with Crippen LogP contribution in [0.25, 0.3) is 0 Å². The van der Waals surface area contributed by atoms with E-state index in [1.807, 2.05) is 6.92 Å². The number of aliphatic hydroxyl groups is 1. The van der Waals surface area contributed by atoms with Gasteiger partial charge in [-0.2, -0.15) is 0 Å². The molecule has 0 bridgehead atoms. The number of hydrogen-bond acceptors (Lipinski definition) is 2. The molecule has 0 aliphatic carbocycles. The Labute approximate surface area is 44.1 Å². The van der Waals surface area contributed by atoms with Gasteiger partial charge in [-0.15, -0.1) is 0 Å². The molecule has 0 aliphatic rings. The molecule has 0 saturated heterocycles. The third kappa shape index (κ3) is 5.92. The zero-order valence-electron chi connectivity index (χ0n) is 4.85. The summed E-state index contributed by atoms with van der Waals surface area (Å²) in [6.07, 6.45) is 0.366. The van der Waals surface area contributed by atoms with Crippen molar-refractivity contribution in [3.63, 3.8) is 0 Å². The van der Waals surface area contributed by atoms with Crippen molar-refractivity contribution in [3.8, 4) is 0 Å². The van der Waals surface area contributed by atoms with Gasteiger partial charge < -0.3 is 9.84 Å². The van der Waals surface area contributed by atoms with E-state index >= 15 is 0 Å². The Bertz CT molecular complexity index is 35.1. The molecule has 1 atom stereocenters. The van der Waals surface area contributed by atoms with Crippen LogP contribution < -0.4 is 0 Å². The smallest absolute Gasteiger partial charge is 0.151 e. The predicted molar refractivity (Wildman–Crippen MR) is 27.9 cm³/mol. The predicted octanol–water partition coefficient (Wildman–Crippen LogP) is 0.751. The van der Waals surface area contributed by atoms with E-state index in [4.69, 9.17) is 9.84 Å². The van der Waals surface area contributed by atoms with Gasteiger partial charge >= 0.3 is 0 Å². The minimum Gasteiger partial charge on any atom is -0.368 e. The Kier molecular flexibility index (Phi) is 4.04. The number of aliphatic hydroxyl groups excluding tert-OH is 1. The van der Waals surface area contributed by atoms with Crippen LogP contribution in [0.15, 0.2) is 0 Å². The van der Waals surface area contributed by atoms with E-state index in [1.54, 1.807) is 6.92 Å². The molecule has 2 heteroatoms. The van der Waals surface area contributed by atoms with E-state index in [9.17, 15) is 0 Å². The average molecular weight is 104 g/mol. The minimum absolute atomic E-state index is 0.597. The van der Waals surface area contributed by atoms with E-state index in [-0.39, 0.29) is 0 Å². The van der Waals surface area contributed by atoms with E-state index < -0.39 is 6.29 Å². The van der Waals surface area contributed by atoms with Crippen LogP contribution in [0.3, 0.4) is 0 Å². The Morgan fingerprint density at radius 2 is 2.29 bits per heavy atom. The summed E-state index contributed by atoms with van der Waals surface area (Å²) in [4.78, 5) is 0. The van der Waals surface area contributed by atoms with Crippen LogP contribution in [0.1, 0.15) is 20.3 Å². The van der Waals surface area contributed by atoms with Crippen molar-refractivity contribution >= 4 is 0 Å². The van der Waals surface area contributed by atoms with E-state index in [2.05, 4.69) is 0 Å². The highest BCUT2D eigenvalue weighted by molar-refractivity contribution is 4.24. The maximum atomic E-state index is 8.46. The lowest BCUT2D eigenvalue weighted by Crippen LogP contribution is -2.05. The fourth-order valence-corrected chi connectivity index (χ4v) is 0.288. The number of rotatable bonds is 3. The van der Waals surface area contributed by atoms with Crippen molar-refractivity contribution in [2.75, 3.05) is 6.61 Å². The molecule has 0 aliphatic heterocycles. The Hall–Kier alpha value is -0.0800. The monoisotopic (exact) mass is 104 g/mol. The third-order valence-electron chi connectivity index (χ3n) is 0.563. The van der Waals surface area contributed by atoms with Crippen molar-refractivity contribution in [2.45, 2.75) is 26.6 Å². The van der Waals surface area contributed by atoms with E-state index in [0.717, 1.165) is 6.42 Å². The van der Waals surface area contributed by atoms with Gasteiger partial charge in [-0.25, -0.2) is 0 Å². The SMILES string of the molecule is CCCO[C@@H](C)O. The highest BCUT2D eigenvalue weighted by Gasteiger charge is 1.88. The topological polar surface area (TPSA) is 29.5 Å². The summed E-state index contributed by atoms with van der Waals surface area (Å²) in [7, 11) is 0. The molecule has 0 radical (unpaired) electrons. The number of hydrogen-bond donors (Lipinski definition) is 1. The van der Waals surface area contributed by atoms with Crippen LogP contribution in [0.4, 0.5) is 0 Å². The molecule has 0 rings (SSSR count). The van der Waals surface area contributed by atoms with Crippen molar-refractivity contribution < 1.29 is 9.84 Å². The molecule has 2 nitrogen and oxygen atoms in total. The second kappa shape index (κ2) is 4.09. The fourth-order valence-electron chi connectivity index (χ4n) is 0.288. The van der Waals surface area contributed by atoms with E-state index in [1.165, 1.54) is 0 Å². The molecule has 0 aromatic heterocycles. The van der Waals surface area contributed by atoms with Crippen molar-refractivity contribution in [1.29, 1.82) is 0 Å². The van der Waals surface area contributed by atoms with Crippen LogP contribution in [-0.4, -0.2) is 18.0 Å². The lowest BCUT2D eigenvalue weighted by atomic mass is 10.5. The lowest BCUT2D eigenvalue weighted by molar-refractivity contribution is -0.0846. The van der Waals surface area contributed by atoms with Gasteiger partial charge in [0.05, 0.1) is 0 Å².